The SMILES string of the molecule is O=S=O.[2H]C([2H])([2H])NC(=O)c1nnc(Cl)cc1Nc1ccccc1C.[2H]C([2H])([2H])NC(=O)c1nnc(Cl)cc1Nc1ccccc1C. The molecular weight excluding hydrogens is 591 g/mol. The van der Waals surface area contributed by atoms with Crippen LogP contribution < -0.4 is 21.3 Å². The Morgan fingerprint density at radius 2 is 1.05 bits per heavy atom. The van der Waals surface area contributed by atoms with Crippen molar-refractivity contribution in [2.24, 2.45) is 0 Å². The number of nitrogens with zero attached hydrogens (tertiary/aromatic N) is 4. The third-order valence-corrected chi connectivity index (χ3v) is 5.38. The molecule has 0 atom stereocenters. The molecule has 0 aliphatic carbocycles. The number of rotatable bonds is 6. The molecule has 2 amide bonds. The standard InChI is InChI=1S/2C13H13ClN4O.O2S/c2*1-8-5-3-4-6-9(8)16-10-7-11(14)17-18-12(10)13(19)15-2;1-3-2/h2*3-7H,1-2H3,(H,15,19)(H,16,17);/i2*2D3;. The fraction of sp³-hybridized carbons (Fsp3) is 0.154. The van der Waals surface area contributed by atoms with Crippen LogP contribution in [-0.4, -0.2) is 54.6 Å². The van der Waals surface area contributed by atoms with Gasteiger partial charge in [-0.05, 0) is 37.1 Å². The molecule has 2 aromatic carbocycles. The van der Waals surface area contributed by atoms with Gasteiger partial charge >= 0.3 is 11.6 Å². The molecule has 41 heavy (non-hydrogen) atoms. The Balaban J connectivity index is 0.000000302. The van der Waals surface area contributed by atoms with E-state index in [0.717, 1.165) is 22.5 Å². The van der Waals surface area contributed by atoms with Gasteiger partial charge in [0.15, 0.2) is 21.7 Å². The van der Waals surface area contributed by atoms with Gasteiger partial charge in [-0.1, -0.05) is 59.6 Å². The molecule has 0 saturated carbocycles. The van der Waals surface area contributed by atoms with Gasteiger partial charge in [0.25, 0.3) is 11.8 Å². The third kappa shape index (κ3) is 9.90. The Labute approximate surface area is 258 Å². The average Bonchev–Trinajstić information content (AvgIpc) is 2.94. The van der Waals surface area contributed by atoms with Crippen molar-refractivity contribution in [3.05, 3.63) is 93.5 Å². The van der Waals surface area contributed by atoms with Crippen molar-refractivity contribution < 1.29 is 26.2 Å². The number of amides is 2. The summed E-state index contributed by atoms with van der Waals surface area (Å²) < 4.78 is 59.1. The number of halogens is 2. The van der Waals surface area contributed by atoms with E-state index in [9.17, 15) is 9.59 Å². The highest BCUT2D eigenvalue weighted by Crippen LogP contribution is 2.25. The van der Waals surface area contributed by atoms with Gasteiger partial charge in [-0.2, -0.15) is 8.42 Å². The highest BCUT2D eigenvalue weighted by atomic mass is 35.5. The molecule has 0 radical (unpaired) electrons. The van der Waals surface area contributed by atoms with Gasteiger partial charge in [0.1, 0.15) is 0 Å². The zero-order valence-corrected chi connectivity index (χ0v) is 23.7. The molecule has 2 heterocycles. The van der Waals surface area contributed by atoms with Gasteiger partial charge in [0.2, 0.25) is 0 Å². The largest absolute Gasteiger partial charge is 0.354 e. The second-order valence-corrected chi connectivity index (χ2v) is 8.63. The first kappa shape index (κ1) is 24.3. The summed E-state index contributed by atoms with van der Waals surface area (Å²) in [4.78, 5) is 24.0. The molecule has 0 unspecified atom stereocenters. The molecular formula is C26H26Cl2N8O4S. The minimum Gasteiger partial charge on any atom is -0.354 e. The molecule has 0 bridgehead atoms. The Kier molecular flexibility index (Phi) is 9.86. The summed E-state index contributed by atoms with van der Waals surface area (Å²) in [5.74, 6) is -1.72. The predicted octanol–water partition coefficient (Wildman–Crippen LogP) is 4.41. The lowest BCUT2D eigenvalue weighted by molar-refractivity contribution is 0.0950. The average molecular weight is 624 g/mol. The highest BCUT2D eigenvalue weighted by Gasteiger charge is 2.15. The van der Waals surface area contributed by atoms with E-state index in [1.165, 1.54) is 12.1 Å². The minimum atomic E-state index is -2.61. The van der Waals surface area contributed by atoms with E-state index in [4.69, 9.17) is 39.8 Å². The van der Waals surface area contributed by atoms with E-state index < -0.39 is 37.3 Å². The summed E-state index contributed by atoms with van der Waals surface area (Å²) in [5.41, 5.74) is 3.62. The van der Waals surface area contributed by atoms with Crippen molar-refractivity contribution in [2.75, 3.05) is 24.6 Å². The van der Waals surface area contributed by atoms with Gasteiger partial charge in [-0.25, -0.2) is 0 Å². The second kappa shape index (κ2) is 16.6. The molecule has 0 saturated heterocycles. The van der Waals surface area contributed by atoms with Crippen LogP contribution in [0.25, 0.3) is 0 Å². The zero-order valence-electron chi connectivity index (χ0n) is 27.4. The van der Waals surface area contributed by atoms with Crippen LogP contribution in [0.4, 0.5) is 22.7 Å². The van der Waals surface area contributed by atoms with Crippen LogP contribution in [0.5, 0.6) is 0 Å². The smallest absolute Gasteiger partial charge is 0.335 e. The van der Waals surface area contributed by atoms with Crippen LogP contribution >= 0.6 is 23.2 Å². The maximum absolute atomic E-state index is 12.0. The number of hydrogen-bond acceptors (Lipinski definition) is 10. The third-order valence-electron chi connectivity index (χ3n) is 5.01. The van der Waals surface area contributed by atoms with Crippen molar-refractivity contribution >= 4 is 69.3 Å². The van der Waals surface area contributed by atoms with Crippen molar-refractivity contribution in [1.29, 1.82) is 0 Å². The second-order valence-electron chi connectivity index (χ2n) is 7.71. The topological polar surface area (TPSA) is 168 Å². The fourth-order valence-electron chi connectivity index (χ4n) is 3.10. The first-order valence-corrected chi connectivity index (χ1v) is 12.6. The number of aromatic nitrogens is 4. The molecule has 4 aromatic rings. The van der Waals surface area contributed by atoms with Crippen molar-refractivity contribution in [3.8, 4) is 0 Å². The predicted molar refractivity (Wildman–Crippen MR) is 159 cm³/mol. The summed E-state index contributed by atoms with van der Waals surface area (Å²) in [5, 5.41) is 24.5. The van der Waals surface area contributed by atoms with Gasteiger partial charge in [0.05, 0.1) is 11.4 Å². The molecule has 12 nitrogen and oxygen atoms in total. The first-order chi connectivity index (χ1) is 21.9. The molecule has 214 valence electrons. The summed E-state index contributed by atoms with van der Waals surface area (Å²) >= 11 is 10.9. The maximum Gasteiger partial charge on any atom is 0.335 e. The first-order valence-electron chi connectivity index (χ1n) is 14.2. The number of para-hydroxylation sites is 2. The van der Waals surface area contributed by atoms with Crippen molar-refractivity contribution in [3.63, 3.8) is 0 Å². The summed E-state index contributed by atoms with van der Waals surface area (Å²) in [6, 6.07) is 17.6. The summed E-state index contributed by atoms with van der Waals surface area (Å²) in [6.45, 7) is -1.45. The molecule has 4 rings (SSSR count). The van der Waals surface area contributed by atoms with Crippen LogP contribution in [0.3, 0.4) is 0 Å². The maximum atomic E-state index is 12.0. The van der Waals surface area contributed by atoms with Gasteiger partial charge in [0, 0.05) is 45.7 Å². The number of carbonyl (C=O) groups excluding carboxylic acids is 2. The molecule has 0 fully saturated rings. The Morgan fingerprint density at radius 3 is 1.39 bits per heavy atom. The fourth-order valence-corrected chi connectivity index (χ4v) is 3.39. The number of aryl methyl sites for hydroxylation is 2. The van der Waals surface area contributed by atoms with E-state index in [-0.39, 0.29) is 33.1 Å². The van der Waals surface area contributed by atoms with Gasteiger partial charge in [-0.15, -0.1) is 20.4 Å². The van der Waals surface area contributed by atoms with E-state index in [1.807, 2.05) is 73.0 Å². The number of anilines is 4. The number of hydrogen-bond donors (Lipinski definition) is 4. The van der Waals surface area contributed by atoms with Gasteiger partial charge < -0.3 is 21.3 Å². The number of benzene rings is 2. The highest BCUT2D eigenvalue weighted by molar-refractivity contribution is 7.51. The molecule has 4 N–H and O–H groups in total. The molecule has 2 aromatic heterocycles. The van der Waals surface area contributed by atoms with E-state index in [2.05, 4.69) is 31.0 Å². The lowest BCUT2D eigenvalue weighted by Gasteiger charge is -2.12. The summed E-state index contributed by atoms with van der Waals surface area (Å²) in [7, 11) is 0. The van der Waals surface area contributed by atoms with Gasteiger partial charge in [-0.3, -0.25) is 9.59 Å². The van der Waals surface area contributed by atoms with E-state index >= 15 is 0 Å². The minimum absolute atomic E-state index is 0.0847. The Bertz CT molecular complexity index is 1640. The van der Waals surface area contributed by atoms with Crippen molar-refractivity contribution in [1.82, 2.24) is 31.0 Å². The Hall–Kier alpha value is -4.46. The van der Waals surface area contributed by atoms with Crippen LogP contribution in [0.1, 0.15) is 40.3 Å². The number of carbonyl (C=O) groups is 2. The Morgan fingerprint density at radius 1 is 0.683 bits per heavy atom. The van der Waals surface area contributed by atoms with E-state index in [0.29, 0.717) is 0 Å². The van der Waals surface area contributed by atoms with Crippen LogP contribution in [0.15, 0.2) is 60.7 Å². The molecule has 0 spiro atoms. The summed E-state index contributed by atoms with van der Waals surface area (Å²) in [6.07, 6.45) is 0. The van der Waals surface area contributed by atoms with Crippen LogP contribution in [-0.2, 0) is 11.6 Å². The number of nitrogens with one attached hydrogen (secondary N) is 4. The monoisotopic (exact) mass is 622 g/mol. The normalized spacial score (nSPS) is 12.4. The molecule has 15 heteroatoms. The lowest BCUT2D eigenvalue weighted by atomic mass is 10.2. The van der Waals surface area contributed by atoms with Crippen LogP contribution in [0, 0.1) is 13.8 Å². The molecule has 0 aliphatic rings. The van der Waals surface area contributed by atoms with E-state index in [1.54, 1.807) is 0 Å². The van der Waals surface area contributed by atoms with Crippen molar-refractivity contribution in [2.45, 2.75) is 13.8 Å². The van der Waals surface area contributed by atoms with Crippen LogP contribution in [0.2, 0.25) is 10.3 Å². The quantitative estimate of drug-likeness (QED) is 0.241. The lowest BCUT2D eigenvalue weighted by Crippen LogP contribution is -2.21. The zero-order chi connectivity index (χ0) is 35.4. The molecule has 0 aliphatic heterocycles.